The first-order valence-electron chi connectivity index (χ1n) is 5.13. The number of aryl methyl sites for hydroxylation is 1. The van der Waals surface area contributed by atoms with Crippen LogP contribution in [0.15, 0.2) is 24.3 Å². The Morgan fingerprint density at radius 1 is 1.27 bits per heavy atom. The summed E-state index contributed by atoms with van der Waals surface area (Å²) in [6.07, 6.45) is 1.12. The van der Waals surface area contributed by atoms with E-state index in [1.54, 1.807) is 0 Å². The molecule has 0 aliphatic heterocycles. The van der Waals surface area contributed by atoms with E-state index in [0.717, 1.165) is 12.5 Å². The molecule has 15 heavy (non-hydrogen) atoms. The number of benzene rings is 1. The van der Waals surface area contributed by atoms with Gasteiger partial charge in [0.15, 0.2) is 0 Å². The van der Waals surface area contributed by atoms with Crippen LogP contribution in [0, 0.1) is 3.57 Å². The van der Waals surface area contributed by atoms with Crippen molar-refractivity contribution in [2.24, 2.45) is 0 Å². The molecule has 0 fully saturated rings. The highest BCUT2D eigenvalue weighted by atomic mass is 127. The van der Waals surface area contributed by atoms with Crippen LogP contribution >= 0.6 is 22.6 Å². The minimum Gasteiger partial charge on any atom is -0.413 e. The first-order chi connectivity index (χ1) is 6.99. The molecule has 1 aromatic carbocycles. The molecule has 0 saturated heterocycles. The lowest BCUT2D eigenvalue weighted by Crippen LogP contribution is -2.21. The monoisotopic (exact) mass is 332 g/mol. The van der Waals surface area contributed by atoms with Crippen molar-refractivity contribution in [1.29, 1.82) is 0 Å². The molecular formula is C12H17IOSi. The van der Waals surface area contributed by atoms with Gasteiger partial charge in [0, 0.05) is 9.17 Å². The summed E-state index contributed by atoms with van der Waals surface area (Å²) in [4.78, 5) is 0. The van der Waals surface area contributed by atoms with E-state index in [0.29, 0.717) is 9.76 Å². The van der Waals surface area contributed by atoms with Crippen LogP contribution in [0.5, 0.6) is 0 Å². The lowest BCUT2D eigenvalue weighted by molar-refractivity contribution is 0.138. The molecule has 1 aromatic rings. The molecule has 0 unspecified atom stereocenters. The summed E-state index contributed by atoms with van der Waals surface area (Å²) < 4.78 is 7.07. The Kier molecular flexibility index (Phi) is 5.29. The summed E-state index contributed by atoms with van der Waals surface area (Å²) in [5, 5.41) is 0. The second-order valence-electron chi connectivity index (χ2n) is 4.45. The molecule has 0 N–H and O–H groups in total. The van der Waals surface area contributed by atoms with Crippen molar-refractivity contribution in [3.05, 3.63) is 33.4 Å². The molecule has 0 aliphatic carbocycles. The standard InChI is InChI=1S/C12H17IOSi/c1-12(2,3)14-15-9-8-10-6-4-5-7-11(10)13/h4-7H,8-9H2,1-3H3. The maximum atomic E-state index is 5.72. The molecule has 0 aromatic heterocycles. The molecule has 1 nitrogen and oxygen atoms in total. The van der Waals surface area contributed by atoms with Crippen molar-refractivity contribution >= 4 is 32.4 Å². The predicted molar refractivity (Wildman–Crippen MR) is 74.3 cm³/mol. The molecule has 1 rings (SSSR count). The van der Waals surface area contributed by atoms with Crippen molar-refractivity contribution in [2.45, 2.75) is 38.8 Å². The molecule has 2 radical (unpaired) electrons. The van der Waals surface area contributed by atoms with E-state index in [1.807, 2.05) is 0 Å². The number of hydrogen-bond acceptors (Lipinski definition) is 1. The Bertz CT molecular complexity index is 307. The first-order valence-corrected chi connectivity index (χ1v) is 7.33. The van der Waals surface area contributed by atoms with Gasteiger partial charge in [-0.25, -0.2) is 0 Å². The molecular weight excluding hydrogens is 315 g/mol. The first kappa shape index (κ1) is 13.2. The quantitative estimate of drug-likeness (QED) is 0.464. The lowest BCUT2D eigenvalue weighted by Gasteiger charge is -2.19. The van der Waals surface area contributed by atoms with Crippen LogP contribution in [0.25, 0.3) is 0 Å². The Morgan fingerprint density at radius 3 is 2.53 bits per heavy atom. The van der Waals surface area contributed by atoms with Crippen molar-refractivity contribution in [1.82, 2.24) is 0 Å². The Balaban J connectivity index is 2.30. The second kappa shape index (κ2) is 6.01. The highest BCUT2D eigenvalue weighted by Gasteiger charge is 2.09. The van der Waals surface area contributed by atoms with Crippen LogP contribution in [-0.4, -0.2) is 15.4 Å². The van der Waals surface area contributed by atoms with E-state index < -0.39 is 0 Å². The maximum absolute atomic E-state index is 5.72. The van der Waals surface area contributed by atoms with E-state index in [4.69, 9.17) is 4.43 Å². The van der Waals surface area contributed by atoms with Gasteiger partial charge >= 0.3 is 0 Å². The molecule has 0 atom stereocenters. The smallest absolute Gasteiger partial charge is 0.230 e. The molecule has 0 saturated carbocycles. The third kappa shape index (κ3) is 5.68. The van der Waals surface area contributed by atoms with E-state index in [2.05, 4.69) is 67.6 Å². The van der Waals surface area contributed by atoms with E-state index in [-0.39, 0.29) is 5.60 Å². The summed E-state index contributed by atoms with van der Waals surface area (Å²) in [5.41, 5.74) is 1.44. The highest BCUT2D eigenvalue weighted by Crippen LogP contribution is 2.14. The molecule has 0 heterocycles. The molecule has 82 valence electrons. The van der Waals surface area contributed by atoms with Gasteiger partial charge < -0.3 is 4.43 Å². The number of hydrogen-bond donors (Lipinski definition) is 0. The zero-order valence-corrected chi connectivity index (χ0v) is 12.7. The SMILES string of the molecule is CC(C)(C)O[Si]CCc1ccccc1I. The minimum absolute atomic E-state index is 0.00227. The van der Waals surface area contributed by atoms with Gasteiger partial charge in [-0.15, -0.1) is 0 Å². The molecule has 0 amide bonds. The predicted octanol–water partition coefficient (Wildman–Crippen LogP) is 3.69. The fourth-order valence-corrected chi connectivity index (χ4v) is 2.72. The van der Waals surface area contributed by atoms with Crippen LogP contribution in [0.2, 0.25) is 6.04 Å². The van der Waals surface area contributed by atoms with E-state index >= 15 is 0 Å². The second-order valence-corrected chi connectivity index (χ2v) is 6.61. The van der Waals surface area contributed by atoms with Gasteiger partial charge in [0.25, 0.3) is 0 Å². The summed E-state index contributed by atoms with van der Waals surface area (Å²) in [5.74, 6) is 0. The van der Waals surface area contributed by atoms with Crippen LogP contribution in [0.3, 0.4) is 0 Å². The number of rotatable bonds is 4. The minimum atomic E-state index is 0.00227. The summed E-state index contributed by atoms with van der Waals surface area (Å²) in [6, 6.07) is 9.66. The molecule has 0 aliphatic rings. The average Bonchev–Trinajstić information content (AvgIpc) is 2.13. The fourth-order valence-electron chi connectivity index (χ4n) is 1.15. The van der Waals surface area contributed by atoms with Crippen molar-refractivity contribution in [3.8, 4) is 0 Å². The highest BCUT2D eigenvalue weighted by molar-refractivity contribution is 14.1. The van der Waals surface area contributed by atoms with Gasteiger partial charge in [-0.1, -0.05) is 18.2 Å². The van der Waals surface area contributed by atoms with Crippen LogP contribution in [-0.2, 0) is 10.8 Å². The van der Waals surface area contributed by atoms with Crippen LogP contribution in [0.1, 0.15) is 26.3 Å². The summed E-state index contributed by atoms with van der Waals surface area (Å²) in [7, 11) is 0.602. The van der Waals surface area contributed by atoms with Gasteiger partial charge in [0.1, 0.15) is 0 Å². The topological polar surface area (TPSA) is 9.23 Å². The normalized spacial score (nSPS) is 11.7. The maximum Gasteiger partial charge on any atom is 0.230 e. The van der Waals surface area contributed by atoms with Gasteiger partial charge in [0.2, 0.25) is 9.76 Å². The molecule has 0 spiro atoms. The van der Waals surface area contributed by atoms with Crippen LogP contribution in [0.4, 0.5) is 0 Å². The van der Waals surface area contributed by atoms with Gasteiger partial charge in [-0.05, 0) is 67.5 Å². The zero-order chi connectivity index (χ0) is 11.3. The Hall–Kier alpha value is 0.127. The Labute approximate surface area is 109 Å². The average molecular weight is 332 g/mol. The van der Waals surface area contributed by atoms with Gasteiger partial charge in [0.05, 0.1) is 0 Å². The summed E-state index contributed by atoms with van der Waals surface area (Å²) >= 11 is 2.39. The van der Waals surface area contributed by atoms with Crippen molar-refractivity contribution in [3.63, 3.8) is 0 Å². The van der Waals surface area contributed by atoms with Gasteiger partial charge in [-0.2, -0.15) is 0 Å². The largest absolute Gasteiger partial charge is 0.413 e. The Morgan fingerprint density at radius 2 is 1.93 bits per heavy atom. The van der Waals surface area contributed by atoms with E-state index in [9.17, 15) is 0 Å². The molecule has 3 heteroatoms. The van der Waals surface area contributed by atoms with Crippen molar-refractivity contribution < 1.29 is 4.43 Å². The van der Waals surface area contributed by atoms with E-state index in [1.165, 1.54) is 9.13 Å². The third-order valence-corrected chi connectivity index (χ3v) is 4.10. The third-order valence-electron chi connectivity index (χ3n) is 1.83. The lowest BCUT2D eigenvalue weighted by atomic mass is 10.2. The van der Waals surface area contributed by atoms with Gasteiger partial charge in [-0.3, -0.25) is 0 Å². The van der Waals surface area contributed by atoms with Crippen LogP contribution < -0.4 is 0 Å². The molecule has 0 bridgehead atoms. The fraction of sp³-hybridized carbons (Fsp3) is 0.500. The number of halogens is 1. The summed E-state index contributed by atoms with van der Waals surface area (Å²) in [6.45, 7) is 6.31. The zero-order valence-electron chi connectivity index (χ0n) is 9.51. The van der Waals surface area contributed by atoms with Crippen molar-refractivity contribution in [2.75, 3.05) is 0 Å².